The van der Waals surface area contributed by atoms with Crippen molar-refractivity contribution in [1.29, 1.82) is 0 Å². The van der Waals surface area contributed by atoms with Crippen LogP contribution in [0.15, 0.2) is 24.4 Å². The fourth-order valence-corrected chi connectivity index (χ4v) is 2.27. The van der Waals surface area contributed by atoms with Gasteiger partial charge >= 0.3 is 0 Å². The van der Waals surface area contributed by atoms with Crippen molar-refractivity contribution in [2.24, 2.45) is 0 Å². The fraction of sp³-hybridized carbons (Fsp3) is 0.583. The summed E-state index contributed by atoms with van der Waals surface area (Å²) in [5, 5.41) is 6.91. The molecule has 0 saturated carbocycles. The van der Waals surface area contributed by atoms with Crippen LogP contribution in [-0.4, -0.2) is 49.7 Å². The van der Waals surface area contributed by atoms with Crippen LogP contribution in [0.1, 0.15) is 11.7 Å². The topological polar surface area (TPSA) is 40.2 Å². The van der Waals surface area contributed by atoms with Gasteiger partial charge in [-0.25, -0.2) is 0 Å². The molecule has 2 heterocycles. The zero-order valence-electron chi connectivity index (χ0n) is 9.98. The summed E-state index contributed by atoms with van der Waals surface area (Å²) in [6.45, 7) is 3.23. The average Bonchev–Trinajstić information content (AvgIpc) is 2.31. The Bertz CT molecular complexity index is 314. The number of hydrogen-bond acceptors (Lipinski definition) is 4. The highest BCUT2D eigenvalue weighted by Gasteiger charge is 2.26. The van der Waals surface area contributed by atoms with Gasteiger partial charge in [0.2, 0.25) is 0 Å². The van der Waals surface area contributed by atoms with E-state index in [0.29, 0.717) is 6.04 Å². The Morgan fingerprint density at radius 2 is 2.44 bits per heavy atom. The second-order valence-electron chi connectivity index (χ2n) is 4.34. The predicted octanol–water partition coefficient (Wildman–Crippen LogP) is 0.246. The molecule has 1 aliphatic rings. The van der Waals surface area contributed by atoms with Crippen LogP contribution in [0.25, 0.3) is 0 Å². The van der Waals surface area contributed by atoms with Crippen molar-refractivity contribution < 1.29 is 0 Å². The van der Waals surface area contributed by atoms with E-state index in [-0.39, 0.29) is 6.04 Å². The highest BCUT2D eigenvalue weighted by molar-refractivity contribution is 5.12. The summed E-state index contributed by atoms with van der Waals surface area (Å²) in [5.74, 6) is 0. The van der Waals surface area contributed by atoms with E-state index in [0.717, 1.165) is 25.3 Å². The fourth-order valence-electron chi connectivity index (χ4n) is 2.27. The number of piperazine rings is 1. The van der Waals surface area contributed by atoms with E-state index in [9.17, 15) is 0 Å². The van der Waals surface area contributed by atoms with Crippen LogP contribution in [0.4, 0.5) is 0 Å². The lowest BCUT2D eigenvalue weighted by atomic mass is 10.0. The molecule has 0 aliphatic carbocycles. The molecule has 0 bridgehead atoms. The van der Waals surface area contributed by atoms with Gasteiger partial charge in [0.05, 0.1) is 11.7 Å². The van der Waals surface area contributed by atoms with Gasteiger partial charge in [-0.3, -0.25) is 4.98 Å². The van der Waals surface area contributed by atoms with E-state index >= 15 is 0 Å². The molecule has 4 nitrogen and oxygen atoms in total. The third-order valence-corrected chi connectivity index (χ3v) is 3.13. The summed E-state index contributed by atoms with van der Waals surface area (Å²) in [6.07, 6.45) is 1.85. The van der Waals surface area contributed by atoms with Crippen LogP contribution in [0.5, 0.6) is 0 Å². The van der Waals surface area contributed by atoms with Crippen molar-refractivity contribution >= 4 is 0 Å². The number of nitrogens with zero attached hydrogens (tertiary/aromatic N) is 2. The first-order valence-electron chi connectivity index (χ1n) is 5.81. The monoisotopic (exact) mass is 220 g/mol. The van der Waals surface area contributed by atoms with Crippen molar-refractivity contribution in [3.63, 3.8) is 0 Å². The van der Waals surface area contributed by atoms with Crippen LogP contribution < -0.4 is 10.6 Å². The van der Waals surface area contributed by atoms with Crippen LogP contribution in [0, 0.1) is 0 Å². The standard InChI is InChI=1S/C12H20N4/c1-13-12(10-5-3-4-6-14-10)11-9-16(2)8-7-15-11/h3-6,11-13,15H,7-9H2,1-2H3. The van der Waals surface area contributed by atoms with Gasteiger partial charge in [-0.2, -0.15) is 0 Å². The van der Waals surface area contributed by atoms with Crippen LogP contribution in [0.3, 0.4) is 0 Å². The third-order valence-electron chi connectivity index (χ3n) is 3.13. The maximum Gasteiger partial charge on any atom is 0.0661 e. The number of nitrogens with one attached hydrogen (secondary N) is 2. The largest absolute Gasteiger partial charge is 0.310 e. The quantitative estimate of drug-likeness (QED) is 0.766. The van der Waals surface area contributed by atoms with E-state index in [1.807, 2.05) is 25.4 Å². The maximum atomic E-state index is 4.43. The Labute approximate surface area is 97.1 Å². The Morgan fingerprint density at radius 3 is 3.06 bits per heavy atom. The van der Waals surface area contributed by atoms with Gasteiger partial charge in [0.1, 0.15) is 0 Å². The summed E-state index contributed by atoms with van der Waals surface area (Å²) in [6, 6.07) is 6.79. The van der Waals surface area contributed by atoms with Gasteiger partial charge < -0.3 is 15.5 Å². The van der Waals surface area contributed by atoms with Gasteiger partial charge in [0, 0.05) is 31.9 Å². The van der Waals surface area contributed by atoms with Crippen molar-refractivity contribution in [1.82, 2.24) is 20.5 Å². The Hall–Kier alpha value is -0.970. The first-order valence-corrected chi connectivity index (χ1v) is 5.81. The Balaban J connectivity index is 2.10. The molecule has 0 spiro atoms. The molecule has 0 aromatic carbocycles. The zero-order valence-corrected chi connectivity index (χ0v) is 9.98. The molecule has 1 aromatic rings. The molecule has 1 saturated heterocycles. The molecule has 0 radical (unpaired) electrons. The van der Waals surface area contributed by atoms with E-state index in [1.54, 1.807) is 0 Å². The lowest BCUT2D eigenvalue weighted by Crippen LogP contribution is -2.54. The number of aromatic nitrogens is 1. The highest BCUT2D eigenvalue weighted by Crippen LogP contribution is 2.16. The summed E-state index contributed by atoms with van der Waals surface area (Å²) >= 11 is 0. The minimum absolute atomic E-state index is 0.281. The molecule has 2 unspecified atom stereocenters. The highest BCUT2D eigenvalue weighted by atomic mass is 15.2. The lowest BCUT2D eigenvalue weighted by molar-refractivity contribution is 0.208. The lowest BCUT2D eigenvalue weighted by Gasteiger charge is -2.35. The molecule has 1 aliphatic heterocycles. The molecule has 2 rings (SSSR count). The molecule has 2 N–H and O–H groups in total. The van der Waals surface area contributed by atoms with Gasteiger partial charge in [-0.1, -0.05) is 6.07 Å². The van der Waals surface area contributed by atoms with Crippen LogP contribution >= 0.6 is 0 Å². The SMILES string of the molecule is CNC(c1ccccn1)C1CN(C)CCN1. The molecular formula is C12H20N4. The van der Waals surface area contributed by atoms with Crippen molar-refractivity contribution in [3.05, 3.63) is 30.1 Å². The molecule has 0 amide bonds. The van der Waals surface area contributed by atoms with E-state index < -0.39 is 0 Å². The molecule has 1 aromatic heterocycles. The number of pyridine rings is 1. The zero-order chi connectivity index (χ0) is 11.4. The minimum Gasteiger partial charge on any atom is -0.310 e. The molecule has 1 fully saturated rings. The summed E-state index contributed by atoms with van der Waals surface area (Å²) < 4.78 is 0. The predicted molar refractivity (Wildman–Crippen MR) is 65.3 cm³/mol. The minimum atomic E-state index is 0.281. The number of likely N-dealkylation sites (N-methyl/N-ethyl adjacent to an activating group) is 2. The number of hydrogen-bond donors (Lipinski definition) is 2. The van der Waals surface area contributed by atoms with E-state index in [1.165, 1.54) is 0 Å². The molecule has 16 heavy (non-hydrogen) atoms. The van der Waals surface area contributed by atoms with E-state index in [2.05, 4.69) is 33.6 Å². The van der Waals surface area contributed by atoms with Crippen molar-refractivity contribution in [2.45, 2.75) is 12.1 Å². The maximum absolute atomic E-state index is 4.43. The first-order chi connectivity index (χ1) is 7.81. The number of rotatable bonds is 3. The van der Waals surface area contributed by atoms with Gasteiger partial charge in [-0.15, -0.1) is 0 Å². The summed E-state index contributed by atoms with van der Waals surface area (Å²) in [5.41, 5.74) is 1.11. The van der Waals surface area contributed by atoms with Gasteiger partial charge in [0.25, 0.3) is 0 Å². The Morgan fingerprint density at radius 1 is 1.56 bits per heavy atom. The first kappa shape index (κ1) is 11.5. The van der Waals surface area contributed by atoms with Crippen molar-refractivity contribution in [2.75, 3.05) is 33.7 Å². The van der Waals surface area contributed by atoms with Crippen LogP contribution in [0.2, 0.25) is 0 Å². The molecular weight excluding hydrogens is 200 g/mol. The summed E-state index contributed by atoms with van der Waals surface area (Å²) in [4.78, 5) is 6.78. The van der Waals surface area contributed by atoms with E-state index in [4.69, 9.17) is 0 Å². The molecule has 2 atom stereocenters. The average molecular weight is 220 g/mol. The molecule has 4 heteroatoms. The van der Waals surface area contributed by atoms with Gasteiger partial charge in [-0.05, 0) is 26.2 Å². The van der Waals surface area contributed by atoms with Crippen LogP contribution in [-0.2, 0) is 0 Å². The normalized spacial score (nSPS) is 24.2. The van der Waals surface area contributed by atoms with Crippen molar-refractivity contribution in [3.8, 4) is 0 Å². The Kier molecular flexibility index (Phi) is 3.88. The second-order valence-corrected chi connectivity index (χ2v) is 4.34. The molecule has 88 valence electrons. The third kappa shape index (κ3) is 2.58. The second kappa shape index (κ2) is 5.39. The van der Waals surface area contributed by atoms with Gasteiger partial charge in [0.15, 0.2) is 0 Å². The summed E-state index contributed by atoms with van der Waals surface area (Å²) in [7, 11) is 4.16. The smallest absolute Gasteiger partial charge is 0.0661 e.